The first kappa shape index (κ1) is 16.4. The summed E-state index contributed by atoms with van der Waals surface area (Å²) in [6, 6.07) is 2.95. The zero-order valence-electron chi connectivity index (χ0n) is 12.1. The summed E-state index contributed by atoms with van der Waals surface area (Å²) in [7, 11) is 1.74. The molecule has 0 saturated carbocycles. The van der Waals surface area contributed by atoms with Crippen LogP contribution < -0.4 is 0 Å². The van der Waals surface area contributed by atoms with Crippen LogP contribution >= 0.6 is 0 Å². The molecule has 0 aromatic heterocycles. The summed E-state index contributed by atoms with van der Waals surface area (Å²) in [6.45, 7) is 11.3. The largest absolute Gasteiger partial charge is 0.383 e. The van der Waals surface area contributed by atoms with Crippen molar-refractivity contribution in [3.8, 4) is 6.07 Å². The van der Waals surface area contributed by atoms with E-state index in [4.69, 9.17) is 10.00 Å². The molecule has 1 unspecified atom stereocenters. The van der Waals surface area contributed by atoms with Crippen molar-refractivity contribution in [3.63, 3.8) is 0 Å². The number of ether oxygens (including phenoxy) is 1. The number of hydrogen-bond acceptors (Lipinski definition) is 3. The Morgan fingerprint density at radius 2 is 2.00 bits per heavy atom. The summed E-state index contributed by atoms with van der Waals surface area (Å²) in [4.78, 5) is 2.46. The summed E-state index contributed by atoms with van der Waals surface area (Å²) in [5.74, 6) is 0. The first-order valence-corrected chi connectivity index (χ1v) is 6.61. The Morgan fingerprint density at radius 1 is 1.35 bits per heavy atom. The Bertz CT molecular complexity index is 233. The second-order valence-electron chi connectivity index (χ2n) is 5.39. The van der Waals surface area contributed by atoms with Crippen molar-refractivity contribution in [2.24, 2.45) is 5.41 Å². The Labute approximate surface area is 107 Å². The SMILES string of the molecule is CCC(C)N(CCCC(C)(C)C#N)CCOC. The van der Waals surface area contributed by atoms with Gasteiger partial charge in [0.15, 0.2) is 0 Å². The zero-order chi connectivity index (χ0) is 13.3. The maximum atomic E-state index is 8.97. The van der Waals surface area contributed by atoms with E-state index < -0.39 is 0 Å². The minimum Gasteiger partial charge on any atom is -0.383 e. The molecule has 0 aromatic rings. The molecule has 0 radical (unpaired) electrons. The molecule has 0 aliphatic carbocycles. The smallest absolute Gasteiger partial charge is 0.0683 e. The van der Waals surface area contributed by atoms with Crippen LogP contribution in [0.25, 0.3) is 0 Å². The fourth-order valence-corrected chi connectivity index (χ4v) is 1.80. The predicted molar refractivity (Wildman–Crippen MR) is 71.8 cm³/mol. The van der Waals surface area contributed by atoms with Crippen molar-refractivity contribution in [2.75, 3.05) is 26.8 Å². The highest BCUT2D eigenvalue weighted by molar-refractivity contribution is 4.91. The van der Waals surface area contributed by atoms with Crippen molar-refractivity contribution in [3.05, 3.63) is 0 Å². The number of methoxy groups -OCH3 is 1. The first-order chi connectivity index (χ1) is 7.96. The van der Waals surface area contributed by atoms with Gasteiger partial charge in [0, 0.05) is 19.7 Å². The molecule has 0 aliphatic rings. The molecular formula is C14H28N2O. The van der Waals surface area contributed by atoms with Crippen LogP contribution in [0, 0.1) is 16.7 Å². The highest BCUT2D eigenvalue weighted by Gasteiger charge is 2.18. The van der Waals surface area contributed by atoms with E-state index >= 15 is 0 Å². The fraction of sp³-hybridized carbons (Fsp3) is 0.929. The Balaban J connectivity index is 4.04. The van der Waals surface area contributed by atoms with Crippen LogP contribution in [0.1, 0.15) is 47.0 Å². The molecular weight excluding hydrogens is 212 g/mol. The van der Waals surface area contributed by atoms with Gasteiger partial charge >= 0.3 is 0 Å². The molecule has 0 aromatic carbocycles. The molecule has 17 heavy (non-hydrogen) atoms. The van der Waals surface area contributed by atoms with E-state index in [2.05, 4.69) is 24.8 Å². The van der Waals surface area contributed by atoms with E-state index in [0.717, 1.165) is 39.0 Å². The number of nitrogens with zero attached hydrogens (tertiary/aromatic N) is 2. The normalized spacial score (nSPS) is 13.7. The quantitative estimate of drug-likeness (QED) is 0.621. The molecule has 3 nitrogen and oxygen atoms in total. The van der Waals surface area contributed by atoms with Gasteiger partial charge in [0.1, 0.15) is 0 Å². The van der Waals surface area contributed by atoms with E-state index in [0.29, 0.717) is 6.04 Å². The Kier molecular flexibility index (Phi) is 8.20. The van der Waals surface area contributed by atoms with Gasteiger partial charge in [0.25, 0.3) is 0 Å². The van der Waals surface area contributed by atoms with E-state index in [9.17, 15) is 0 Å². The van der Waals surface area contributed by atoms with E-state index in [-0.39, 0.29) is 5.41 Å². The number of rotatable bonds is 9. The molecule has 100 valence electrons. The lowest BCUT2D eigenvalue weighted by atomic mass is 9.89. The van der Waals surface area contributed by atoms with E-state index in [1.807, 2.05) is 13.8 Å². The van der Waals surface area contributed by atoms with Gasteiger partial charge in [-0.05, 0) is 46.6 Å². The van der Waals surface area contributed by atoms with E-state index in [1.165, 1.54) is 0 Å². The monoisotopic (exact) mass is 240 g/mol. The molecule has 0 amide bonds. The Hall–Kier alpha value is -0.590. The molecule has 1 atom stereocenters. The summed E-state index contributed by atoms with van der Waals surface area (Å²) in [5, 5.41) is 8.97. The third-order valence-electron chi connectivity index (χ3n) is 3.35. The van der Waals surface area contributed by atoms with Crippen molar-refractivity contribution in [1.29, 1.82) is 5.26 Å². The number of hydrogen-bond donors (Lipinski definition) is 0. The number of nitriles is 1. The minimum absolute atomic E-state index is 0.192. The lowest BCUT2D eigenvalue weighted by Gasteiger charge is -2.29. The van der Waals surface area contributed by atoms with Gasteiger partial charge in [-0.15, -0.1) is 0 Å². The maximum Gasteiger partial charge on any atom is 0.0683 e. The lowest BCUT2D eigenvalue weighted by Crippen LogP contribution is -2.36. The molecule has 0 rings (SSSR count). The van der Waals surface area contributed by atoms with Gasteiger partial charge in [0.2, 0.25) is 0 Å². The summed E-state index contributed by atoms with van der Waals surface area (Å²) >= 11 is 0. The Morgan fingerprint density at radius 3 is 2.47 bits per heavy atom. The molecule has 0 aliphatic heterocycles. The average molecular weight is 240 g/mol. The molecule has 0 N–H and O–H groups in total. The third-order valence-corrected chi connectivity index (χ3v) is 3.35. The summed E-state index contributed by atoms with van der Waals surface area (Å²) < 4.78 is 5.14. The van der Waals surface area contributed by atoms with Crippen LogP contribution in [-0.2, 0) is 4.74 Å². The van der Waals surface area contributed by atoms with Gasteiger partial charge in [-0.3, -0.25) is 4.90 Å². The van der Waals surface area contributed by atoms with Gasteiger partial charge < -0.3 is 4.74 Å². The fourth-order valence-electron chi connectivity index (χ4n) is 1.80. The minimum atomic E-state index is -0.192. The summed E-state index contributed by atoms with van der Waals surface area (Å²) in [5.41, 5.74) is -0.192. The maximum absolute atomic E-state index is 8.97. The zero-order valence-corrected chi connectivity index (χ0v) is 12.1. The molecule has 0 heterocycles. The van der Waals surface area contributed by atoms with Crippen LogP contribution in [0.2, 0.25) is 0 Å². The molecule has 3 heteroatoms. The van der Waals surface area contributed by atoms with E-state index in [1.54, 1.807) is 7.11 Å². The van der Waals surface area contributed by atoms with Gasteiger partial charge in [-0.2, -0.15) is 5.26 Å². The van der Waals surface area contributed by atoms with Crippen molar-refractivity contribution in [2.45, 2.75) is 53.0 Å². The van der Waals surface area contributed by atoms with Crippen LogP contribution in [0.4, 0.5) is 0 Å². The van der Waals surface area contributed by atoms with Gasteiger partial charge in [-0.1, -0.05) is 6.92 Å². The van der Waals surface area contributed by atoms with Crippen LogP contribution in [0.15, 0.2) is 0 Å². The topological polar surface area (TPSA) is 36.3 Å². The lowest BCUT2D eigenvalue weighted by molar-refractivity contribution is 0.119. The average Bonchev–Trinajstić information content (AvgIpc) is 2.32. The van der Waals surface area contributed by atoms with Crippen LogP contribution in [0.3, 0.4) is 0 Å². The highest BCUT2D eigenvalue weighted by atomic mass is 16.5. The third kappa shape index (κ3) is 7.36. The molecule has 0 saturated heterocycles. The standard InChI is InChI=1S/C14H28N2O/c1-6-13(2)16(10-11-17-5)9-7-8-14(3,4)12-15/h13H,6-11H2,1-5H3. The molecule has 0 spiro atoms. The highest BCUT2D eigenvalue weighted by Crippen LogP contribution is 2.21. The first-order valence-electron chi connectivity index (χ1n) is 6.61. The van der Waals surface area contributed by atoms with Gasteiger partial charge in [0.05, 0.1) is 18.1 Å². The van der Waals surface area contributed by atoms with Crippen molar-refractivity contribution < 1.29 is 4.74 Å². The molecule has 0 fully saturated rings. The predicted octanol–water partition coefficient (Wildman–Crippen LogP) is 3.06. The summed E-state index contributed by atoms with van der Waals surface area (Å²) in [6.07, 6.45) is 3.20. The molecule has 0 bridgehead atoms. The van der Waals surface area contributed by atoms with Gasteiger partial charge in [-0.25, -0.2) is 0 Å². The van der Waals surface area contributed by atoms with Crippen molar-refractivity contribution in [1.82, 2.24) is 4.90 Å². The van der Waals surface area contributed by atoms with Crippen LogP contribution in [0.5, 0.6) is 0 Å². The van der Waals surface area contributed by atoms with Crippen molar-refractivity contribution >= 4 is 0 Å². The second kappa shape index (κ2) is 8.49. The van der Waals surface area contributed by atoms with Crippen LogP contribution in [-0.4, -0.2) is 37.7 Å². The second-order valence-corrected chi connectivity index (χ2v) is 5.39.